The summed E-state index contributed by atoms with van der Waals surface area (Å²) in [5.41, 5.74) is 4.25. The quantitative estimate of drug-likeness (QED) is 0.857. The normalized spacial score (nSPS) is 19.5. The van der Waals surface area contributed by atoms with E-state index in [0.29, 0.717) is 0 Å². The maximum atomic E-state index is 3.45. The average Bonchev–Trinajstić information content (AvgIpc) is 2.85. The van der Waals surface area contributed by atoms with E-state index in [1.165, 1.54) is 42.7 Å². The van der Waals surface area contributed by atoms with Crippen molar-refractivity contribution in [2.75, 3.05) is 24.5 Å². The lowest BCUT2D eigenvalue weighted by Crippen LogP contribution is -2.23. The fourth-order valence-corrected chi connectivity index (χ4v) is 2.81. The molecule has 1 aliphatic rings. The average molecular weight is 246 g/mol. The fourth-order valence-electron chi connectivity index (χ4n) is 2.81. The number of aryl methyl sites for hydroxylation is 1. The van der Waals surface area contributed by atoms with Crippen LogP contribution in [0, 0.1) is 12.8 Å². The number of hydrogen-bond donors (Lipinski definition) is 1. The van der Waals surface area contributed by atoms with Crippen molar-refractivity contribution in [3.63, 3.8) is 0 Å². The van der Waals surface area contributed by atoms with Crippen molar-refractivity contribution in [3.8, 4) is 0 Å². The molecule has 0 spiro atoms. The monoisotopic (exact) mass is 246 g/mol. The van der Waals surface area contributed by atoms with E-state index >= 15 is 0 Å². The third kappa shape index (κ3) is 3.05. The molecule has 2 nitrogen and oxygen atoms in total. The van der Waals surface area contributed by atoms with Gasteiger partial charge in [0.05, 0.1) is 0 Å². The first-order chi connectivity index (χ1) is 8.74. The Balaban J connectivity index is 2.16. The molecule has 0 amide bonds. The minimum Gasteiger partial charge on any atom is -0.371 e. The van der Waals surface area contributed by atoms with E-state index in [4.69, 9.17) is 0 Å². The summed E-state index contributed by atoms with van der Waals surface area (Å²) in [5.74, 6) is 0.887. The summed E-state index contributed by atoms with van der Waals surface area (Å²) in [7, 11) is 0. The second kappa shape index (κ2) is 6.24. The maximum Gasteiger partial charge on any atom is 0.0412 e. The van der Waals surface area contributed by atoms with Gasteiger partial charge in [-0.15, -0.1) is 0 Å². The molecule has 1 saturated heterocycles. The van der Waals surface area contributed by atoms with Crippen molar-refractivity contribution in [1.29, 1.82) is 0 Å². The maximum absolute atomic E-state index is 3.45. The number of nitrogens with one attached hydrogen (secondary N) is 1. The molecule has 18 heavy (non-hydrogen) atoms. The van der Waals surface area contributed by atoms with Gasteiger partial charge < -0.3 is 10.2 Å². The molecule has 2 heteroatoms. The van der Waals surface area contributed by atoms with E-state index in [0.717, 1.165) is 19.0 Å². The molecule has 1 aromatic rings. The number of hydrogen-bond acceptors (Lipinski definition) is 2. The first-order valence-electron chi connectivity index (χ1n) is 7.29. The number of benzene rings is 1. The predicted molar refractivity (Wildman–Crippen MR) is 79.2 cm³/mol. The summed E-state index contributed by atoms with van der Waals surface area (Å²) in [5, 5.41) is 3.45. The molecule has 1 aliphatic heterocycles. The van der Waals surface area contributed by atoms with Crippen LogP contribution in [0.2, 0.25) is 0 Å². The van der Waals surface area contributed by atoms with E-state index < -0.39 is 0 Å². The van der Waals surface area contributed by atoms with Crippen LogP contribution in [-0.4, -0.2) is 19.6 Å². The van der Waals surface area contributed by atoms with Crippen molar-refractivity contribution in [3.05, 3.63) is 29.3 Å². The second-order valence-electron chi connectivity index (χ2n) is 5.42. The van der Waals surface area contributed by atoms with Gasteiger partial charge in [0.1, 0.15) is 0 Å². The lowest BCUT2D eigenvalue weighted by Gasteiger charge is -2.23. The van der Waals surface area contributed by atoms with E-state index in [1.807, 2.05) is 0 Å². The lowest BCUT2D eigenvalue weighted by atomic mass is 10.1. The molecular weight excluding hydrogens is 220 g/mol. The Labute approximate surface area is 111 Å². The van der Waals surface area contributed by atoms with Crippen LogP contribution in [-0.2, 0) is 6.54 Å². The highest BCUT2D eigenvalue weighted by molar-refractivity contribution is 5.55. The van der Waals surface area contributed by atoms with Gasteiger partial charge in [0.25, 0.3) is 0 Å². The summed E-state index contributed by atoms with van der Waals surface area (Å²) < 4.78 is 0. The SMILES string of the molecule is CCNCc1cc(C)ccc1N1CCC(CC)C1. The molecule has 1 heterocycles. The summed E-state index contributed by atoms with van der Waals surface area (Å²) in [6, 6.07) is 6.88. The molecule has 1 fully saturated rings. The topological polar surface area (TPSA) is 15.3 Å². The van der Waals surface area contributed by atoms with Gasteiger partial charge in [-0.2, -0.15) is 0 Å². The fraction of sp³-hybridized carbons (Fsp3) is 0.625. The second-order valence-corrected chi connectivity index (χ2v) is 5.42. The Morgan fingerprint density at radius 2 is 2.17 bits per heavy atom. The van der Waals surface area contributed by atoms with Gasteiger partial charge in [-0.3, -0.25) is 0 Å². The summed E-state index contributed by atoms with van der Waals surface area (Å²) in [6.07, 6.45) is 2.66. The van der Waals surface area contributed by atoms with Crippen molar-refractivity contribution in [2.45, 2.75) is 40.2 Å². The molecule has 0 bridgehead atoms. The van der Waals surface area contributed by atoms with Gasteiger partial charge in [-0.05, 0) is 37.4 Å². The Hall–Kier alpha value is -1.02. The van der Waals surface area contributed by atoms with E-state index in [-0.39, 0.29) is 0 Å². The van der Waals surface area contributed by atoms with E-state index in [2.05, 4.69) is 49.2 Å². The molecular formula is C16H26N2. The van der Waals surface area contributed by atoms with Crippen molar-refractivity contribution >= 4 is 5.69 Å². The van der Waals surface area contributed by atoms with Crippen molar-refractivity contribution in [2.24, 2.45) is 5.92 Å². The Morgan fingerprint density at radius 3 is 2.83 bits per heavy atom. The molecule has 100 valence electrons. The van der Waals surface area contributed by atoms with Crippen LogP contribution in [0.1, 0.15) is 37.8 Å². The van der Waals surface area contributed by atoms with Gasteiger partial charge >= 0.3 is 0 Å². The predicted octanol–water partition coefficient (Wildman–Crippen LogP) is 3.34. The Kier molecular flexibility index (Phi) is 4.65. The highest BCUT2D eigenvalue weighted by atomic mass is 15.2. The Morgan fingerprint density at radius 1 is 1.33 bits per heavy atom. The molecule has 1 unspecified atom stereocenters. The smallest absolute Gasteiger partial charge is 0.0412 e. The van der Waals surface area contributed by atoms with Crippen LogP contribution in [0.5, 0.6) is 0 Å². The zero-order valence-corrected chi connectivity index (χ0v) is 12.0. The van der Waals surface area contributed by atoms with Gasteiger partial charge in [0.15, 0.2) is 0 Å². The number of nitrogens with zero attached hydrogens (tertiary/aromatic N) is 1. The van der Waals surface area contributed by atoms with Gasteiger partial charge in [0, 0.05) is 25.3 Å². The summed E-state index contributed by atoms with van der Waals surface area (Å²) in [4.78, 5) is 2.57. The number of rotatable bonds is 5. The first kappa shape index (κ1) is 13.4. The summed E-state index contributed by atoms with van der Waals surface area (Å²) in [6.45, 7) is 11.1. The van der Waals surface area contributed by atoms with Crippen molar-refractivity contribution < 1.29 is 0 Å². The molecule has 0 saturated carbocycles. The van der Waals surface area contributed by atoms with E-state index in [9.17, 15) is 0 Å². The molecule has 0 radical (unpaired) electrons. The summed E-state index contributed by atoms with van der Waals surface area (Å²) >= 11 is 0. The van der Waals surface area contributed by atoms with Crippen LogP contribution in [0.4, 0.5) is 5.69 Å². The number of anilines is 1. The minimum atomic E-state index is 0.887. The van der Waals surface area contributed by atoms with E-state index in [1.54, 1.807) is 0 Å². The van der Waals surface area contributed by atoms with Gasteiger partial charge in [-0.25, -0.2) is 0 Å². The lowest BCUT2D eigenvalue weighted by molar-refractivity contribution is 0.569. The van der Waals surface area contributed by atoms with Crippen LogP contribution in [0.15, 0.2) is 18.2 Å². The molecule has 0 aromatic heterocycles. The molecule has 1 N–H and O–H groups in total. The molecule has 0 aliphatic carbocycles. The highest BCUT2D eigenvalue weighted by Crippen LogP contribution is 2.29. The standard InChI is InChI=1S/C16H26N2/c1-4-14-8-9-18(12-14)16-7-6-13(3)10-15(16)11-17-5-2/h6-7,10,14,17H,4-5,8-9,11-12H2,1-3H3. The van der Waals surface area contributed by atoms with Crippen LogP contribution in [0.25, 0.3) is 0 Å². The Bertz CT molecular complexity index is 387. The molecule has 2 rings (SSSR count). The minimum absolute atomic E-state index is 0.887. The van der Waals surface area contributed by atoms with Crippen molar-refractivity contribution in [1.82, 2.24) is 5.32 Å². The van der Waals surface area contributed by atoms with Gasteiger partial charge in [-0.1, -0.05) is 38.0 Å². The zero-order chi connectivity index (χ0) is 13.0. The molecule has 1 atom stereocenters. The third-order valence-corrected chi connectivity index (χ3v) is 4.00. The largest absolute Gasteiger partial charge is 0.371 e. The third-order valence-electron chi connectivity index (χ3n) is 4.00. The van der Waals surface area contributed by atoms with Crippen LogP contribution < -0.4 is 10.2 Å². The van der Waals surface area contributed by atoms with Gasteiger partial charge in [0.2, 0.25) is 0 Å². The first-order valence-corrected chi connectivity index (χ1v) is 7.29. The highest BCUT2D eigenvalue weighted by Gasteiger charge is 2.22. The van der Waals surface area contributed by atoms with Crippen LogP contribution >= 0.6 is 0 Å². The van der Waals surface area contributed by atoms with Crippen LogP contribution in [0.3, 0.4) is 0 Å². The zero-order valence-electron chi connectivity index (χ0n) is 12.0. The molecule has 1 aromatic carbocycles.